The Labute approximate surface area is 190 Å². The molecule has 0 unspecified atom stereocenters. The van der Waals surface area contributed by atoms with E-state index in [1.807, 2.05) is 47.3 Å². The van der Waals surface area contributed by atoms with Crippen LogP contribution in [0.2, 0.25) is 0 Å². The van der Waals surface area contributed by atoms with Crippen molar-refractivity contribution in [1.29, 1.82) is 0 Å². The van der Waals surface area contributed by atoms with E-state index in [2.05, 4.69) is 38.4 Å². The number of nitrogens with zero attached hydrogens (tertiary/aromatic N) is 3. The normalized spacial score (nSPS) is 15.1. The first kappa shape index (κ1) is 22.4. The third-order valence-corrected chi connectivity index (χ3v) is 7.17. The van der Waals surface area contributed by atoms with Crippen molar-refractivity contribution in [3.8, 4) is 5.69 Å². The Morgan fingerprint density at radius 2 is 1.78 bits per heavy atom. The van der Waals surface area contributed by atoms with Crippen LogP contribution in [0.5, 0.6) is 0 Å². The van der Waals surface area contributed by atoms with Crippen molar-refractivity contribution < 1.29 is 8.42 Å². The molecule has 0 atom stereocenters. The molecule has 170 valence electrons. The highest BCUT2D eigenvalue weighted by Crippen LogP contribution is 2.24. The number of sulfonamides is 1. The minimum atomic E-state index is -3.26. The highest BCUT2D eigenvalue weighted by molar-refractivity contribution is 7.92. The summed E-state index contributed by atoms with van der Waals surface area (Å²) >= 11 is 0. The monoisotopic (exact) mass is 453 g/mol. The molecule has 1 aromatic heterocycles. The number of nitrogens with one attached hydrogen (secondary N) is 2. The fourth-order valence-electron chi connectivity index (χ4n) is 3.99. The second-order valence-electron chi connectivity index (χ2n) is 8.15. The number of anilines is 2. The van der Waals surface area contributed by atoms with Gasteiger partial charge < -0.3 is 10.2 Å². The molecule has 0 bridgehead atoms. The molecule has 2 aromatic carbocycles. The quantitative estimate of drug-likeness (QED) is 0.519. The molecule has 0 aliphatic carbocycles. The average molecular weight is 454 g/mol. The van der Waals surface area contributed by atoms with Gasteiger partial charge in [-0.3, -0.25) is 4.72 Å². The predicted octanol–water partition coefficient (Wildman–Crippen LogP) is 3.44. The van der Waals surface area contributed by atoms with Crippen LogP contribution in [0, 0.1) is 0 Å². The molecule has 4 rings (SSSR count). The van der Waals surface area contributed by atoms with Crippen LogP contribution in [-0.2, 0) is 16.4 Å². The molecule has 0 saturated carbocycles. The van der Waals surface area contributed by atoms with E-state index in [-0.39, 0.29) is 5.75 Å². The smallest absolute Gasteiger partial charge is 0.232 e. The van der Waals surface area contributed by atoms with E-state index in [0.29, 0.717) is 11.7 Å². The number of rotatable bonds is 9. The lowest BCUT2D eigenvalue weighted by molar-refractivity contribution is 0.417. The van der Waals surface area contributed by atoms with Crippen LogP contribution < -0.4 is 14.9 Å². The van der Waals surface area contributed by atoms with Crippen LogP contribution in [0.1, 0.15) is 25.3 Å². The summed E-state index contributed by atoms with van der Waals surface area (Å²) in [6, 6.07) is 18.3. The van der Waals surface area contributed by atoms with Gasteiger partial charge in [-0.2, -0.15) is 5.10 Å². The summed E-state index contributed by atoms with van der Waals surface area (Å²) in [5.41, 5.74) is 3.99. The van der Waals surface area contributed by atoms with Gasteiger partial charge in [-0.05, 0) is 68.6 Å². The van der Waals surface area contributed by atoms with E-state index in [4.69, 9.17) is 0 Å². The highest BCUT2D eigenvalue weighted by atomic mass is 32.2. The molecule has 0 radical (unpaired) electrons. The van der Waals surface area contributed by atoms with Crippen LogP contribution in [0.15, 0.2) is 67.0 Å². The first-order chi connectivity index (χ1) is 15.5. The first-order valence-electron chi connectivity index (χ1n) is 11.2. The van der Waals surface area contributed by atoms with Gasteiger partial charge in [-0.15, -0.1) is 0 Å². The minimum Gasteiger partial charge on any atom is -0.371 e. The van der Waals surface area contributed by atoms with Crippen LogP contribution in [0.25, 0.3) is 5.69 Å². The van der Waals surface area contributed by atoms with E-state index < -0.39 is 10.0 Å². The largest absolute Gasteiger partial charge is 0.371 e. The summed E-state index contributed by atoms with van der Waals surface area (Å²) in [5.74, 6) is 0.0708. The zero-order chi connectivity index (χ0) is 22.4. The summed E-state index contributed by atoms with van der Waals surface area (Å²) in [4.78, 5) is 2.33. The molecular weight excluding hydrogens is 422 g/mol. The molecule has 8 heteroatoms. The Hall–Kier alpha value is -2.84. The lowest BCUT2D eigenvalue weighted by atomic mass is 10.0. The maximum Gasteiger partial charge on any atom is 0.232 e. The molecule has 1 saturated heterocycles. The molecular formula is C24H31N5O2S. The molecule has 7 nitrogen and oxygen atoms in total. The Balaban J connectivity index is 1.23. The van der Waals surface area contributed by atoms with E-state index in [0.717, 1.165) is 50.3 Å². The molecule has 0 amide bonds. The Morgan fingerprint density at radius 1 is 1.03 bits per heavy atom. The zero-order valence-electron chi connectivity index (χ0n) is 18.4. The lowest BCUT2D eigenvalue weighted by Crippen LogP contribution is -2.43. The fraction of sp³-hybridized carbons (Fsp3) is 0.375. The lowest BCUT2D eigenvalue weighted by Gasteiger charge is -2.34. The number of aromatic nitrogens is 2. The molecule has 2 heterocycles. The van der Waals surface area contributed by atoms with Crippen molar-refractivity contribution in [2.24, 2.45) is 0 Å². The first-order valence-corrected chi connectivity index (χ1v) is 12.9. The predicted molar refractivity (Wildman–Crippen MR) is 130 cm³/mol. The van der Waals surface area contributed by atoms with Crippen molar-refractivity contribution in [3.63, 3.8) is 0 Å². The maximum atomic E-state index is 11.8. The van der Waals surface area contributed by atoms with E-state index in [1.54, 1.807) is 13.0 Å². The standard InChI is InChI=1S/C24H31N5O2S/c1-2-32(30,31)27-22-7-6-10-24(17-22)28-15-12-21(13-16-28)25-14-11-20-18-26-29(19-20)23-8-4-3-5-9-23/h3-10,17-19,21,25,27H,2,11-16H2,1H3. The van der Waals surface area contributed by atoms with Crippen molar-refractivity contribution in [2.75, 3.05) is 35.0 Å². The van der Waals surface area contributed by atoms with Crippen molar-refractivity contribution >= 4 is 21.4 Å². The summed E-state index contributed by atoms with van der Waals surface area (Å²) < 4.78 is 28.2. The van der Waals surface area contributed by atoms with Gasteiger partial charge in [0.1, 0.15) is 0 Å². The molecule has 1 aliphatic heterocycles. The van der Waals surface area contributed by atoms with Crippen LogP contribution in [-0.4, -0.2) is 49.6 Å². The summed E-state index contributed by atoms with van der Waals surface area (Å²) in [6.07, 6.45) is 7.12. The molecule has 0 spiro atoms. The van der Waals surface area contributed by atoms with E-state index in [9.17, 15) is 8.42 Å². The Kier molecular flexibility index (Phi) is 7.12. The molecule has 2 N–H and O–H groups in total. The van der Waals surface area contributed by atoms with Gasteiger partial charge in [0.25, 0.3) is 0 Å². The third kappa shape index (κ3) is 5.89. The average Bonchev–Trinajstić information content (AvgIpc) is 3.29. The van der Waals surface area contributed by atoms with E-state index >= 15 is 0 Å². The Bertz CT molecular complexity index is 1110. The summed E-state index contributed by atoms with van der Waals surface area (Å²) in [6.45, 7) is 4.47. The van der Waals surface area contributed by atoms with E-state index in [1.165, 1.54) is 5.56 Å². The number of hydrogen-bond acceptors (Lipinski definition) is 5. The maximum absolute atomic E-state index is 11.8. The molecule has 1 aliphatic rings. The van der Waals surface area contributed by atoms with Gasteiger partial charge in [0, 0.05) is 31.0 Å². The number of benzene rings is 2. The number of piperidine rings is 1. The third-order valence-electron chi connectivity index (χ3n) is 5.86. The van der Waals surface area contributed by atoms with Gasteiger partial charge in [0.05, 0.1) is 23.3 Å². The molecule has 1 fully saturated rings. The summed E-state index contributed by atoms with van der Waals surface area (Å²) in [5, 5.41) is 8.16. The van der Waals surface area contributed by atoms with Gasteiger partial charge in [-0.25, -0.2) is 13.1 Å². The zero-order valence-corrected chi connectivity index (χ0v) is 19.3. The second-order valence-corrected chi connectivity index (χ2v) is 10.2. The summed E-state index contributed by atoms with van der Waals surface area (Å²) in [7, 11) is -3.26. The molecule has 32 heavy (non-hydrogen) atoms. The van der Waals surface area contributed by atoms with Crippen LogP contribution in [0.3, 0.4) is 0 Å². The Morgan fingerprint density at radius 3 is 2.53 bits per heavy atom. The van der Waals surface area contributed by atoms with Crippen molar-refractivity contribution in [2.45, 2.75) is 32.2 Å². The topological polar surface area (TPSA) is 79.3 Å². The van der Waals surface area contributed by atoms with Gasteiger partial charge in [0.2, 0.25) is 10.0 Å². The fourth-order valence-corrected chi connectivity index (χ4v) is 4.62. The van der Waals surface area contributed by atoms with Crippen LogP contribution >= 0.6 is 0 Å². The van der Waals surface area contributed by atoms with Crippen molar-refractivity contribution in [1.82, 2.24) is 15.1 Å². The van der Waals surface area contributed by atoms with Crippen molar-refractivity contribution in [3.05, 3.63) is 72.6 Å². The highest BCUT2D eigenvalue weighted by Gasteiger charge is 2.19. The number of para-hydroxylation sites is 1. The number of hydrogen-bond donors (Lipinski definition) is 2. The SMILES string of the molecule is CCS(=O)(=O)Nc1cccc(N2CCC(NCCc3cnn(-c4ccccc4)c3)CC2)c1. The minimum absolute atomic E-state index is 0.0708. The van der Waals surface area contributed by atoms with Crippen LogP contribution in [0.4, 0.5) is 11.4 Å². The molecule has 3 aromatic rings. The van der Waals surface area contributed by atoms with Gasteiger partial charge in [0.15, 0.2) is 0 Å². The van der Waals surface area contributed by atoms with Gasteiger partial charge >= 0.3 is 0 Å². The van der Waals surface area contributed by atoms with Gasteiger partial charge in [-0.1, -0.05) is 24.3 Å². The second kappa shape index (κ2) is 10.2.